The van der Waals surface area contributed by atoms with Gasteiger partial charge in [-0.1, -0.05) is 20.3 Å². The lowest BCUT2D eigenvalue weighted by atomic mass is 9.80. The molecule has 3 heteroatoms. The van der Waals surface area contributed by atoms with Crippen LogP contribution in [0.1, 0.15) is 46.0 Å². The molecule has 0 aromatic heterocycles. The first-order chi connectivity index (χ1) is 8.11. The highest BCUT2D eigenvalue weighted by Gasteiger charge is 2.38. The molecule has 0 bridgehead atoms. The van der Waals surface area contributed by atoms with Crippen molar-refractivity contribution in [1.82, 2.24) is 4.90 Å². The van der Waals surface area contributed by atoms with Crippen LogP contribution in [-0.2, 0) is 4.79 Å². The highest BCUT2D eigenvalue weighted by Crippen LogP contribution is 2.34. The summed E-state index contributed by atoms with van der Waals surface area (Å²) in [4.78, 5) is 13.4. The Kier molecular flexibility index (Phi) is 4.08. The Labute approximate surface area is 104 Å². The zero-order chi connectivity index (χ0) is 12.4. The SMILES string of the molecule is CCC1CCC(N2CC(C(C)C(=O)O)C2)CC1. The van der Waals surface area contributed by atoms with Crippen LogP contribution in [0.25, 0.3) is 0 Å². The molecule has 0 radical (unpaired) electrons. The average molecular weight is 239 g/mol. The number of nitrogens with zero attached hydrogens (tertiary/aromatic N) is 1. The van der Waals surface area contributed by atoms with Crippen LogP contribution in [0.2, 0.25) is 0 Å². The largest absolute Gasteiger partial charge is 0.481 e. The van der Waals surface area contributed by atoms with Crippen LogP contribution in [0.4, 0.5) is 0 Å². The second-order valence-corrected chi connectivity index (χ2v) is 5.92. The van der Waals surface area contributed by atoms with Gasteiger partial charge in [-0.3, -0.25) is 9.69 Å². The van der Waals surface area contributed by atoms with Crippen LogP contribution < -0.4 is 0 Å². The second-order valence-electron chi connectivity index (χ2n) is 5.92. The van der Waals surface area contributed by atoms with Crippen molar-refractivity contribution < 1.29 is 9.90 Å². The molecule has 2 fully saturated rings. The molecular formula is C14H25NO2. The van der Waals surface area contributed by atoms with Gasteiger partial charge in [-0.25, -0.2) is 0 Å². The highest BCUT2D eigenvalue weighted by molar-refractivity contribution is 5.70. The number of aliphatic carboxylic acids is 1. The maximum atomic E-state index is 10.9. The van der Waals surface area contributed by atoms with Crippen LogP contribution in [0.15, 0.2) is 0 Å². The van der Waals surface area contributed by atoms with E-state index in [4.69, 9.17) is 5.11 Å². The summed E-state index contributed by atoms with van der Waals surface area (Å²) in [6, 6.07) is 0.745. The molecule has 1 saturated heterocycles. The number of likely N-dealkylation sites (tertiary alicyclic amines) is 1. The Bertz CT molecular complexity index is 265. The monoisotopic (exact) mass is 239 g/mol. The van der Waals surface area contributed by atoms with Crippen molar-refractivity contribution in [3.05, 3.63) is 0 Å². The molecule has 2 rings (SSSR count). The number of hydrogen-bond acceptors (Lipinski definition) is 2. The minimum Gasteiger partial charge on any atom is -0.481 e. The number of carboxylic acids is 1. The number of hydrogen-bond donors (Lipinski definition) is 1. The van der Waals surface area contributed by atoms with Crippen molar-refractivity contribution in [1.29, 1.82) is 0 Å². The molecule has 98 valence electrons. The number of carbonyl (C=O) groups is 1. The molecule has 0 amide bonds. The van der Waals surface area contributed by atoms with Crippen molar-refractivity contribution in [2.75, 3.05) is 13.1 Å². The molecule has 0 aromatic rings. The lowest BCUT2D eigenvalue weighted by Gasteiger charge is -2.48. The summed E-state index contributed by atoms with van der Waals surface area (Å²) in [5.41, 5.74) is 0. The molecule has 1 heterocycles. The van der Waals surface area contributed by atoms with Gasteiger partial charge in [0.25, 0.3) is 0 Å². The van der Waals surface area contributed by atoms with Gasteiger partial charge in [0.2, 0.25) is 0 Å². The third-order valence-electron chi connectivity index (χ3n) is 4.94. The molecule has 1 saturated carbocycles. The van der Waals surface area contributed by atoms with E-state index in [1.165, 1.54) is 32.1 Å². The first-order valence-electron chi connectivity index (χ1n) is 7.08. The van der Waals surface area contributed by atoms with E-state index in [-0.39, 0.29) is 5.92 Å². The summed E-state index contributed by atoms with van der Waals surface area (Å²) in [5.74, 6) is 0.528. The van der Waals surface area contributed by atoms with Crippen molar-refractivity contribution >= 4 is 5.97 Å². The van der Waals surface area contributed by atoms with Crippen LogP contribution in [0.5, 0.6) is 0 Å². The molecule has 3 nitrogen and oxygen atoms in total. The fraction of sp³-hybridized carbons (Fsp3) is 0.929. The average Bonchev–Trinajstić information content (AvgIpc) is 2.27. The van der Waals surface area contributed by atoms with E-state index < -0.39 is 5.97 Å². The zero-order valence-electron chi connectivity index (χ0n) is 11.1. The number of carboxylic acid groups (broad SMARTS) is 1. The van der Waals surface area contributed by atoms with E-state index in [2.05, 4.69) is 11.8 Å². The Morgan fingerprint density at radius 2 is 1.88 bits per heavy atom. The molecule has 1 atom stereocenters. The molecule has 1 aliphatic carbocycles. The van der Waals surface area contributed by atoms with E-state index in [1.807, 2.05) is 6.92 Å². The Morgan fingerprint density at radius 1 is 1.29 bits per heavy atom. The van der Waals surface area contributed by atoms with Crippen molar-refractivity contribution in [2.24, 2.45) is 17.8 Å². The Morgan fingerprint density at radius 3 is 2.35 bits per heavy atom. The maximum absolute atomic E-state index is 10.9. The van der Waals surface area contributed by atoms with Gasteiger partial charge in [0.05, 0.1) is 5.92 Å². The zero-order valence-corrected chi connectivity index (χ0v) is 11.1. The summed E-state index contributed by atoms with van der Waals surface area (Å²) >= 11 is 0. The highest BCUT2D eigenvalue weighted by atomic mass is 16.4. The summed E-state index contributed by atoms with van der Waals surface area (Å²) in [7, 11) is 0. The van der Waals surface area contributed by atoms with Gasteiger partial charge in [-0.15, -0.1) is 0 Å². The molecule has 0 spiro atoms. The second kappa shape index (κ2) is 5.38. The Hall–Kier alpha value is -0.570. The summed E-state index contributed by atoms with van der Waals surface area (Å²) < 4.78 is 0. The summed E-state index contributed by atoms with van der Waals surface area (Å²) in [5, 5.41) is 8.96. The Balaban J connectivity index is 1.72. The minimum atomic E-state index is -0.635. The smallest absolute Gasteiger partial charge is 0.306 e. The molecule has 17 heavy (non-hydrogen) atoms. The predicted octanol–water partition coefficient (Wildman–Crippen LogP) is 2.61. The topological polar surface area (TPSA) is 40.5 Å². The van der Waals surface area contributed by atoms with E-state index in [0.717, 1.165) is 25.0 Å². The standard InChI is InChI=1S/C14H25NO2/c1-3-11-4-6-13(7-5-11)15-8-12(9-15)10(2)14(16)17/h10-13H,3-9H2,1-2H3,(H,16,17). The first kappa shape index (κ1) is 12.9. The van der Waals surface area contributed by atoms with Gasteiger partial charge < -0.3 is 5.11 Å². The third kappa shape index (κ3) is 2.82. The number of rotatable bonds is 4. The van der Waals surface area contributed by atoms with Crippen LogP contribution in [0.3, 0.4) is 0 Å². The van der Waals surface area contributed by atoms with E-state index in [0.29, 0.717) is 5.92 Å². The minimum absolute atomic E-state index is 0.168. The van der Waals surface area contributed by atoms with E-state index in [1.54, 1.807) is 0 Å². The lowest BCUT2D eigenvalue weighted by Crippen LogP contribution is -2.55. The molecule has 1 N–H and O–H groups in total. The van der Waals surface area contributed by atoms with Crippen molar-refractivity contribution in [3.8, 4) is 0 Å². The van der Waals surface area contributed by atoms with Crippen molar-refractivity contribution in [2.45, 2.75) is 52.0 Å². The van der Waals surface area contributed by atoms with Gasteiger partial charge in [0.15, 0.2) is 0 Å². The lowest BCUT2D eigenvalue weighted by molar-refractivity contribution is -0.146. The first-order valence-corrected chi connectivity index (χ1v) is 7.08. The molecule has 2 aliphatic rings. The molecule has 1 aliphatic heterocycles. The van der Waals surface area contributed by atoms with E-state index >= 15 is 0 Å². The van der Waals surface area contributed by atoms with Crippen LogP contribution >= 0.6 is 0 Å². The third-order valence-corrected chi connectivity index (χ3v) is 4.94. The van der Waals surface area contributed by atoms with Gasteiger partial charge in [-0.2, -0.15) is 0 Å². The van der Waals surface area contributed by atoms with Gasteiger partial charge in [0.1, 0.15) is 0 Å². The normalized spacial score (nSPS) is 33.1. The van der Waals surface area contributed by atoms with Gasteiger partial charge in [0, 0.05) is 19.1 Å². The summed E-state index contributed by atoms with van der Waals surface area (Å²) in [6.45, 7) is 6.15. The van der Waals surface area contributed by atoms with Crippen molar-refractivity contribution in [3.63, 3.8) is 0 Å². The molecule has 1 unspecified atom stereocenters. The summed E-state index contributed by atoms with van der Waals surface area (Å²) in [6.07, 6.45) is 6.72. The fourth-order valence-corrected chi connectivity index (χ4v) is 3.28. The van der Waals surface area contributed by atoms with Crippen LogP contribution in [0, 0.1) is 17.8 Å². The van der Waals surface area contributed by atoms with E-state index in [9.17, 15) is 4.79 Å². The van der Waals surface area contributed by atoms with Crippen LogP contribution in [-0.4, -0.2) is 35.1 Å². The molecular weight excluding hydrogens is 214 g/mol. The fourth-order valence-electron chi connectivity index (χ4n) is 3.28. The molecule has 0 aromatic carbocycles. The van der Waals surface area contributed by atoms with Gasteiger partial charge in [-0.05, 0) is 37.5 Å². The predicted molar refractivity (Wildman–Crippen MR) is 67.9 cm³/mol. The van der Waals surface area contributed by atoms with Gasteiger partial charge >= 0.3 is 5.97 Å². The quantitative estimate of drug-likeness (QED) is 0.820. The maximum Gasteiger partial charge on any atom is 0.306 e.